The Bertz CT molecular complexity index is 985. The molecule has 132 valence electrons. The third-order valence-corrected chi connectivity index (χ3v) is 5.56. The Morgan fingerprint density at radius 3 is 2.92 bits per heavy atom. The minimum absolute atomic E-state index is 0.177. The van der Waals surface area contributed by atoms with Crippen LogP contribution in [-0.2, 0) is 13.0 Å². The molecule has 3 aromatic heterocycles. The number of aryl methyl sites for hydroxylation is 3. The maximum Gasteiger partial charge on any atom is 0.282 e. The molecule has 0 aliphatic rings. The van der Waals surface area contributed by atoms with Gasteiger partial charge >= 0.3 is 0 Å². The first-order valence-electron chi connectivity index (χ1n) is 8.32. The molecule has 3 rings (SSSR count). The van der Waals surface area contributed by atoms with Gasteiger partial charge < -0.3 is 0 Å². The number of fused-ring (bicyclic) bond motifs is 1. The molecular formula is C17H20ClN5OS. The van der Waals surface area contributed by atoms with E-state index >= 15 is 0 Å². The lowest BCUT2D eigenvalue weighted by molar-refractivity contribution is 0.569. The molecule has 0 aliphatic heterocycles. The summed E-state index contributed by atoms with van der Waals surface area (Å²) in [5.41, 5.74) is 1.34. The lowest BCUT2D eigenvalue weighted by atomic mass is 10.3. The number of hydrogen-bond donors (Lipinski definition) is 0. The average molecular weight is 378 g/mol. The Morgan fingerprint density at radius 1 is 1.40 bits per heavy atom. The summed E-state index contributed by atoms with van der Waals surface area (Å²) in [6, 6.07) is 1.89. The van der Waals surface area contributed by atoms with Crippen molar-refractivity contribution in [2.75, 3.05) is 0 Å². The number of aromatic nitrogens is 4. The van der Waals surface area contributed by atoms with Gasteiger partial charge in [0.05, 0.1) is 22.9 Å². The van der Waals surface area contributed by atoms with Gasteiger partial charge in [-0.1, -0.05) is 31.9 Å². The van der Waals surface area contributed by atoms with Gasteiger partial charge in [0, 0.05) is 11.4 Å². The number of thiophene rings is 1. The molecule has 0 atom stereocenters. The van der Waals surface area contributed by atoms with Gasteiger partial charge in [-0.25, -0.2) is 4.98 Å². The molecule has 0 radical (unpaired) electrons. The highest BCUT2D eigenvalue weighted by molar-refractivity contribution is 7.18. The summed E-state index contributed by atoms with van der Waals surface area (Å²) < 4.78 is 3.02. The molecule has 8 heteroatoms. The number of unbranched alkanes of at least 4 members (excludes halogenated alkanes) is 1. The smallest absolute Gasteiger partial charge is 0.267 e. The first-order valence-corrected chi connectivity index (χ1v) is 9.51. The van der Waals surface area contributed by atoms with Crippen molar-refractivity contribution < 1.29 is 0 Å². The highest BCUT2D eigenvalue weighted by Gasteiger charge is 2.12. The van der Waals surface area contributed by atoms with Crippen molar-refractivity contribution in [3.05, 3.63) is 44.0 Å². The Kier molecular flexibility index (Phi) is 5.34. The van der Waals surface area contributed by atoms with E-state index in [4.69, 9.17) is 11.6 Å². The largest absolute Gasteiger partial charge is 0.282 e. The topological polar surface area (TPSA) is 65.1 Å². The van der Waals surface area contributed by atoms with Crippen LogP contribution in [0.2, 0.25) is 5.15 Å². The molecule has 25 heavy (non-hydrogen) atoms. The van der Waals surface area contributed by atoms with E-state index in [0.29, 0.717) is 10.5 Å². The maximum atomic E-state index is 12.6. The van der Waals surface area contributed by atoms with Crippen LogP contribution in [0, 0.1) is 6.92 Å². The number of rotatable bonds is 6. The van der Waals surface area contributed by atoms with E-state index in [0.717, 1.165) is 46.8 Å². The van der Waals surface area contributed by atoms with Crippen molar-refractivity contribution in [3.8, 4) is 0 Å². The van der Waals surface area contributed by atoms with Crippen LogP contribution in [0.4, 0.5) is 0 Å². The van der Waals surface area contributed by atoms with Crippen LogP contribution in [0.15, 0.2) is 22.3 Å². The van der Waals surface area contributed by atoms with Gasteiger partial charge in [0.2, 0.25) is 0 Å². The fraction of sp³-hybridized carbons (Fsp3) is 0.412. The Morgan fingerprint density at radius 2 is 2.20 bits per heavy atom. The van der Waals surface area contributed by atoms with Gasteiger partial charge in [0.15, 0.2) is 0 Å². The van der Waals surface area contributed by atoms with Gasteiger partial charge in [-0.15, -0.1) is 11.3 Å². The van der Waals surface area contributed by atoms with Gasteiger partial charge in [-0.2, -0.15) is 14.9 Å². The van der Waals surface area contributed by atoms with Crippen molar-refractivity contribution in [3.63, 3.8) is 0 Å². The van der Waals surface area contributed by atoms with E-state index in [1.54, 1.807) is 10.9 Å². The predicted molar refractivity (Wildman–Crippen MR) is 103 cm³/mol. The van der Waals surface area contributed by atoms with E-state index in [2.05, 4.69) is 29.0 Å². The quantitative estimate of drug-likeness (QED) is 0.612. The molecule has 0 fully saturated rings. The van der Waals surface area contributed by atoms with Crippen molar-refractivity contribution in [1.82, 2.24) is 19.4 Å². The number of nitrogens with zero attached hydrogens (tertiary/aromatic N) is 5. The first kappa shape index (κ1) is 17.8. The van der Waals surface area contributed by atoms with Crippen molar-refractivity contribution >= 4 is 39.4 Å². The zero-order valence-electron chi connectivity index (χ0n) is 14.5. The summed E-state index contributed by atoms with van der Waals surface area (Å²) in [7, 11) is 0. The second kappa shape index (κ2) is 7.49. The molecule has 0 aliphatic carbocycles. The molecule has 0 amide bonds. The molecule has 0 aromatic carbocycles. The minimum atomic E-state index is -0.177. The molecule has 6 nitrogen and oxygen atoms in total. The summed E-state index contributed by atoms with van der Waals surface area (Å²) in [6.07, 6.45) is 5.99. The van der Waals surface area contributed by atoms with Gasteiger partial charge in [0.25, 0.3) is 5.56 Å². The van der Waals surface area contributed by atoms with Crippen LogP contribution in [0.1, 0.15) is 42.8 Å². The second-order valence-electron chi connectivity index (χ2n) is 5.79. The Balaban J connectivity index is 1.94. The normalized spacial score (nSPS) is 11.8. The second-order valence-corrected chi connectivity index (χ2v) is 7.26. The third-order valence-electron chi connectivity index (χ3n) is 3.98. The number of halogens is 1. The van der Waals surface area contributed by atoms with E-state index < -0.39 is 0 Å². The van der Waals surface area contributed by atoms with E-state index in [1.165, 1.54) is 22.3 Å². The first-order chi connectivity index (χ1) is 12.0. The zero-order valence-corrected chi connectivity index (χ0v) is 16.1. The van der Waals surface area contributed by atoms with Crippen molar-refractivity contribution in [1.29, 1.82) is 0 Å². The fourth-order valence-electron chi connectivity index (χ4n) is 2.51. The zero-order chi connectivity index (χ0) is 18.0. The van der Waals surface area contributed by atoms with Gasteiger partial charge in [-0.05, 0) is 25.8 Å². The molecule has 0 bridgehead atoms. The predicted octanol–water partition coefficient (Wildman–Crippen LogP) is 3.86. The third kappa shape index (κ3) is 3.52. The molecule has 0 saturated heterocycles. The van der Waals surface area contributed by atoms with Crippen LogP contribution in [0.5, 0.6) is 0 Å². The maximum absolute atomic E-state index is 12.6. The van der Waals surface area contributed by atoms with Crippen LogP contribution in [0.3, 0.4) is 0 Å². The Hall–Kier alpha value is -1.99. The van der Waals surface area contributed by atoms with Gasteiger partial charge in [0.1, 0.15) is 16.3 Å². The van der Waals surface area contributed by atoms with E-state index in [9.17, 15) is 4.79 Å². The summed E-state index contributed by atoms with van der Waals surface area (Å²) in [5, 5.41) is 9.84. The summed E-state index contributed by atoms with van der Waals surface area (Å²) in [4.78, 5) is 18.8. The lowest BCUT2D eigenvalue weighted by Gasteiger charge is -2.00. The van der Waals surface area contributed by atoms with Gasteiger partial charge in [-0.3, -0.25) is 9.48 Å². The fourth-order valence-corrected chi connectivity index (χ4v) is 3.74. The molecule has 3 aromatic rings. The molecule has 3 heterocycles. The number of hydrogen-bond acceptors (Lipinski definition) is 5. The van der Waals surface area contributed by atoms with Crippen LogP contribution >= 0.6 is 22.9 Å². The summed E-state index contributed by atoms with van der Waals surface area (Å²) >= 11 is 7.94. The molecule has 0 spiro atoms. The van der Waals surface area contributed by atoms with Crippen LogP contribution < -0.4 is 5.56 Å². The van der Waals surface area contributed by atoms with Crippen LogP contribution in [-0.4, -0.2) is 25.7 Å². The average Bonchev–Trinajstić information content (AvgIpc) is 3.15. The molecule has 0 saturated carbocycles. The SMILES string of the molecule is CCCCn1nc(C)c(/C=N\n2cnc3sc(CC)cc3c2=O)c1Cl. The van der Waals surface area contributed by atoms with Crippen molar-refractivity contribution in [2.24, 2.45) is 5.10 Å². The van der Waals surface area contributed by atoms with Crippen molar-refractivity contribution in [2.45, 2.75) is 46.6 Å². The Labute approximate surface area is 154 Å². The monoisotopic (exact) mass is 377 g/mol. The summed E-state index contributed by atoms with van der Waals surface area (Å²) in [6.45, 7) is 6.83. The minimum Gasteiger partial charge on any atom is -0.267 e. The lowest BCUT2D eigenvalue weighted by Crippen LogP contribution is -2.16. The van der Waals surface area contributed by atoms with Crippen LogP contribution in [0.25, 0.3) is 10.2 Å². The highest BCUT2D eigenvalue weighted by Crippen LogP contribution is 2.21. The molecular weight excluding hydrogens is 358 g/mol. The standard InChI is InChI=1S/C17H20ClN5OS/c1-4-6-7-22-15(18)14(11(3)21-22)9-20-23-10-19-16-13(17(23)24)8-12(5-2)25-16/h8-10H,4-7H2,1-3H3/b20-9-. The summed E-state index contributed by atoms with van der Waals surface area (Å²) in [5.74, 6) is 0. The molecule has 0 N–H and O–H groups in total. The highest BCUT2D eigenvalue weighted by atomic mass is 35.5. The van der Waals surface area contributed by atoms with E-state index in [1.807, 2.05) is 13.0 Å². The molecule has 0 unspecified atom stereocenters. The van der Waals surface area contributed by atoms with E-state index in [-0.39, 0.29) is 5.56 Å².